The first kappa shape index (κ1) is 14.9. The van der Waals surface area contributed by atoms with Crippen molar-refractivity contribution in [2.75, 3.05) is 32.8 Å². The lowest BCUT2D eigenvalue weighted by Gasteiger charge is -2.32. The molecule has 0 saturated carbocycles. The monoisotopic (exact) mass is 242 g/mol. The molecule has 1 atom stereocenters. The van der Waals surface area contributed by atoms with Gasteiger partial charge in [0.2, 0.25) is 0 Å². The summed E-state index contributed by atoms with van der Waals surface area (Å²) in [5, 5.41) is 0. The number of piperidine rings is 1. The van der Waals surface area contributed by atoms with Gasteiger partial charge in [-0.1, -0.05) is 19.8 Å². The first-order valence-electron chi connectivity index (χ1n) is 7.40. The largest absolute Gasteiger partial charge is 0.377 e. The van der Waals surface area contributed by atoms with Crippen LogP contribution in [0.25, 0.3) is 0 Å². The highest BCUT2D eigenvalue weighted by atomic mass is 16.5. The summed E-state index contributed by atoms with van der Waals surface area (Å²) in [5.41, 5.74) is 5.49. The molecule has 2 N–H and O–H groups in total. The predicted octanol–water partition coefficient (Wildman–Crippen LogP) is 2.40. The Balaban J connectivity index is 2.03. The highest BCUT2D eigenvalue weighted by Gasteiger charge is 2.19. The Labute approximate surface area is 107 Å². The molecule has 1 rings (SSSR count). The molecule has 1 aliphatic heterocycles. The zero-order chi connectivity index (χ0) is 12.3. The van der Waals surface area contributed by atoms with E-state index in [1.165, 1.54) is 51.6 Å². The van der Waals surface area contributed by atoms with Gasteiger partial charge in [-0.25, -0.2) is 0 Å². The van der Waals surface area contributed by atoms with Crippen LogP contribution in [-0.4, -0.2) is 43.8 Å². The second kappa shape index (κ2) is 9.86. The molecule has 0 spiro atoms. The number of ether oxygens (including phenoxy) is 1. The van der Waals surface area contributed by atoms with Crippen LogP contribution in [0.1, 0.15) is 51.9 Å². The molecule has 0 aromatic carbocycles. The molecule has 1 fully saturated rings. The summed E-state index contributed by atoms with van der Waals surface area (Å²) in [6.45, 7) is 7.61. The molecule has 0 radical (unpaired) electrons. The van der Waals surface area contributed by atoms with Crippen LogP contribution in [0.15, 0.2) is 0 Å². The van der Waals surface area contributed by atoms with E-state index in [2.05, 4.69) is 11.8 Å². The van der Waals surface area contributed by atoms with Crippen LogP contribution in [-0.2, 0) is 4.74 Å². The van der Waals surface area contributed by atoms with Gasteiger partial charge in [-0.05, 0) is 51.7 Å². The van der Waals surface area contributed by atoms with Crippen molar-refractivity contribution in [1.82, 2.24) is 4.90 Å². The summed E-state index contributed by atoms with van der Waals surface area (Å²) >= 11 is 0. The molecular formula is C14H30N2O. The summed E-state index contributed by atoms with van der Waals surface area (Å²) in [6.07, 6.45) is 9.31. The lowest BCUT2D eigenvalue weighted by molar-refractivity contribution is -0.000358. The Bertz CT molecular complexity index is 176. The van der Waals surface area contributed by atoms with E-state index >= 15 is 0 Å². The zero-order valence-electron chi connectivity index (χ0n) is 11.5. The van der Waals surface area contributed by atoms with Gasteiger partial charge >= 0.3 is 0 Å². The van der Waals surface area contributed by atoms with Crippen LogP contribution in [0, 0.1) is 0 Å². The van der Waals surface area contributed by atoms with E-state index in [9.17, 15) is 0 Å². The van der Waals surface area contributed by atoms with Crippen molar-refractivity contribution in [3.63, 3.8) is 0 Å². The fourth-order valence-corrected chi connectivity index (χ4v) is 2.47. The summed E-state index contributed by atoms with van der Waals surface area (Å²) in [6, 6.07) is 0. The average molecular weight is 242 g/mol. The van der Waals surface area contributed by atoms with Crippen molar-refractivity contribution in [1.29, 1.82) is 0 Å². The molecule has 3 heteroatoms. The molecule has 0 aromatic heterocycles. The van der Waals surface area contributed by atoms with E-state index in [0.29, 0.717) is 6.10 Å². The number of hydrogen-bond acceptors (Lipinski definition) is 3. The standard InChI is InChI=1S/C14H30N2O/c1-2-12-17-14-8-7-11-16(13-14)10-6-4-3-5-9-15/h14H,2-13,15H2,1H3. The molecule has 1 saturated heterocycles. The molecule has 102 valence electrons. The molecule has 1 unspecified atom stereocenters. The third kappa shape index (κ3) is 7.02. The molecule has 0 aromatic rings. The number of unbranched alkanes of at least 4 members (excludes halogenated alkanes) is 3. The maximum absolute atomic E-state index is 5.85. The van der Waals surface area contributed by atoms with Crippen molar-refractivity contribution in [2.24, 2.45) is 5.73 Å². The minimum atomic E-state index is 0.493. The van der Waals surface area contributed by atoms with Gasteiger partial charge in [0.05, 0.1) is 6.10 Å². The van der Waals surface area contributed by atoms with Gasteiger partial charge in [0.25, 0.3) is 0 Å². The number of likely N-dealkylation sites (tertiary alicyclic amines) is 1. The van der Waals surface area contributed by atoms with Crippen molar-refractivity contribution in [3.8, 4) is 0 Å². The van der Waals surface area contributed by atoms with Gasteiger partial charge in [-0.15, -0.1) is 0 Å². The summed E-state index contributed by atoms with van der Waals surface area (Å²) < 4.78 is 5.85. The van der Waals surface area contributed by atoms with Gasteiger partial charge in [0.15, 0.2) is 0 Å². The molecular weight excluding hydrogens is 212 g/mol. The van der Waals surface area contributed by atoms with Gasteiger partial charge in [-0.2, -0.15) is 0 Å². The lowest BCUT2D eigenvalue weighted by atomic mass is 10.1. The van der Waals surface area contributed by atoms with Crippen LogP contribution in [0.5, 0.6) is 0 Å². The first-order valence-corrected chi connectivity index (χ1v) is 7.40. The van der Waals surface area contributed by atoms with E-state index in [1.54, 1.807) is 0 Å². The van der Waals surface area contributed by atoms with Gasteiger partial charge in [0.1, 0.15) is 0 Å². The molecule has 17 heavy (non-hydrogen) atoms. The maximum atomic E-state index is 5.85. The van der Waals surface area contributed by atoms with Crippen LogP contribution >= 0.6 is 0 Å². The SMILES string of the molecule is CCCOC1CCCN(CCCCCCN)C1. The van der Waals surface area contributed by atoms with Gasteiger partial charge in [0, 0.05) is 13.2 Å². The maximum Gasteiger partial charge on any atom is 0.0702 e. The minimum absolute atomic E-state index is 0.493. The van der Waals surface area contributed by atoms with Crippen molar-refractivity contribution >= 4 is 0 Å². The summed E-state index contributed by atoms with van der Waals surface area (Å²) in [4.78, 5) is 2.58. The Morgan fingerprint density at radius 1 is 1.24 bits per heavy atom. The van der Waals surface area contributed by atoms with Crippen LogP contribution in [0.2, 0.25) is 0 Å². The van der Waals surface area contributed by atoms with Crippen molar-refractivity contribution in [3.05, 3.63) is 0 Å². The van der Waals surface area contributed by atoms with Gasteiger partial charge in [-0.3, -0.25) is 0 Å². The quantitative estimate of drug-likeness (QED) is 0.631. The topological polar surface area (TPSA) is 38.5 Å². The van der Waals surface area contributed by atoms with Crippen LogP contribution in [0.3, 0.4) is 0 Å². The smallest absolute Gasteiger partial charge is 0.0702 e. The number of hydrogen-bond donors (Lipinski definition) is 1. The molecule has 3 nitrogen and oxygen atoms in total. The Hall–Kier alpha value is -0.120. The molecule has 1 aliphatic rings. The summed E-state index contributed by atoms with van der Waals surface area (Å²) in [7, 11) is 0. The number of nitrogens with zero attached hydrogens (tertiary/aromatic N) is 1. The lowest BCUT2D eigenvalue weighted by Crippen LogP contribution is -2.40. The molecule has 0 aliphatic carbocycles. The van der Waals surface area contributed by atoms with E-state index in [0.717, 1.165) is 26.1 Å². The molecule has 1 heterocycles. The normalized spacial score (nSPS) is 21.9. The number of rotatable bonds is 9. The number of nitrogens with two attached hydrogens (primary N) is 1. The Kier molecular flexibility index (Phi) is 8.67. The third-order valence-corrected chi connectivity index (χ3v) is 3.45. The highest BCUT2D eigenvalue weighted by molar-refractivity contribution is 4.73. The second-order valence-electron chi connectivity index (χ2n) is 5.14. The van der Waals surface area contributed by atoms with E-state index in [1.807, 2.05) is 0 Å². The van der Waals surface area contributed by atoms with E-state index < -0.39 is 0 Å². The summed E-state index contributed by atoms with van der Waals surface area (Å²) in [5.74, 6) is 0. The predicted molar refractivity (Wildman–Crippen MR) is 73.2 cm³/mol. The van der Waals surface area contributed by atoms with E-state index in [4.69, 9.17) is 10.5 Å². The fourth-order valence-electron chi connectivity index (χ4n) is 2.47. The first-order chi connectivity index (χ1) is 8.36. The van der Waals surface area contributed by atoms with Crippen LogP contribution in [0.4, 0.5) is 0 Å². The Morgan fingerprint density at radius 3 is 2.82 bits per heavy atom. The molecule has 0 amide bonds. The third-order valence-electron chi connectivity index (χ3n) is 3.45. The van der Waals surface area contributed by atoms with E-state index in [-0.39, 0.29) is 0 Å². The minimum Gasteiger partial charge on any atom is -0.377 e. The van der Waals surface area contributed by atoms with Crippen molar-refractivity contribution < 1.29 is 4.74 Å². The van der Waals surface area contributed by atoms with Crippen LogP contribution < -0.4 is 5.73 Å². The Morgan fingerprint density at radius 2 is 2.06 bits per heavy atom. The van der Waals surface area contributed by atoms with Crippen molar-refractivity contribution in [2.45, 2.75) is 58.0 Å². The fraction of sp³-hybridized carbons (Fsp3) is 1.00. The average Bonchev–Trinajstić information content (AvgIpc) is 2.37. The van der Waals surface area contributed by atoms with Gasteiger partial charge < -0.3 is 15.4 Å². The highest BCUT2D eigenvalue weighted by Crippen LogP contribution is 2.14. The zero-order valence-corrected chi connectivity index (χ0v) is 11.5. The second-order valence-corrected chi connectivity index (χ2v) is 5.14. The molecule has 0 bridgehead atoms.